The van der Waals surface area contributed by atoms with Gasteiger partial charge in [0.15, 0.2) is 0 Å². The molecule has 3 rings (SSSR count). The molecule has 1 aliphatic heterocycles. The lowest BCUT2D eigenvalue weighted by molar-refractivity contribution is 0.0600. The number of benzene rings is 1. The summed E-state index contributed by atoms with van der Waals surface area (Å²) in [6.45, 7) is 7.10. The highest BCUT2D eigenvalue weighted by molar-refractivity contribution is 6.04. The van der Waals surface area contributed by atoms with Gasteiger partial charge in [0, 0.05) is 38.1 Å². The number of methoxy groups -OCH3 is 1. The minimum atomic E-state index is -0.409. The molecule has 0 unspecified atom stereocenters. The molecular formula is C20H24N4O3. The van der Waals surface area contributed by atoms with Crippen molar-refractivity contribution in [2.75, 3.05) is 50.1 Å². The molecule has 142 valence electrons. The predicted octanol–water partition coefficient (Wildman–Crippen LogP) is 2.26. The van der Waals surface area contributed by atoms with Gasteiger partial charge in [0.1, 0.15) is 0 Å². The van der Waals surface area contributed by atoms with Crippen LogP contribution < -0.4 is 10.2 Å². The maximum absolute atomic E-state index is 12.6. The number of anilines is 2. The van der Waals surface area contributed by atoms with Gasteiger partial charge in [-0.1, -0.05) is 6.92 Å². The predicted molar refractivity (Wildman–Crippen MR) is 104 cm³/mol. The highest BCUT2D eigenvalue weighted by atomic mass is 16.5. The van der Waals surface area contributed by atoms with Gasteiger partial charge in [-0.05, 0) is 36.9 Å². The van der Waals surface area contributed by atoms with Gasteiger partial charge < -0.3 is 19.9 Å². The first-order valence-electron chi connectivity index (χ1n) is 9.02. The first-order chi connectivity index (χ1) is 13.1. The Morgan fingerprint density at radius 1 is 1.07 bits per heavy atom. The van der Waals surface area contributed by atoms with Gasteiger partial charge >= 0.3 is 5.97 Å². The van der Waals surface area contributed by atoms with Gasteiger partial charge in [0.05, 0.1) is 30.1 Å². The van der Waals surface area contributed by atoms with Crippen molar-refractivity contribution < 1.29 is 14.3 Å². The Balaban J connectivity index is 1.66. The number of ether oxygens (including phenoxy) is 1. The van der Waals surface area contributed by atoms with Crippen LogP contribution in [0.5, 0.6) is 0 Å². The molecule has 1 aliphatic rings. The third-order valence-electron chi connectivity index (χ3n) is 4.73. The number of nitrogens with zero attached hydrogens (tertiary/aromatic N) is 3. The quantitative estimate of drug-likeness (QED) is 0.816. The number of piperazine rings is 1. The summed E-state index contributed by atoms with van der Waals surface area (Å²) in [7, 11) is 1.33. The maximum Gasteiger partial charge on any atom is 0.337 e. The number of hydrogen-bond donors (Lipinski definition) is 1. The van der Waals surface area contributed by atoms with Crippen molar-refractivity contribution in [3.63, 3.8) is 0 Å². The second-order valence-electron chi connectivity index (χ2n) is 6.38. The monoisotopic (exact) mass is 368 g/mol. The molecule has 0 spiro atoms. The van der Waals surface area contributed by atoms with Crippen LogP contribution in [-0.2, 0) is 4.74 Å². The van der Waals surface area contributed by atoms with Crippen LogP contribution in [0.15, 0.2) is 42.7 Å². The second kappa shape index (κ2) is 8.64. The van der Waals surface area contributed by atoms with E-state index in [2.05, 4.69) is 31.8 Å². The number of rotatable bonds is 5. The van der Waals surface area contributed by atoms with E-state index < -0.39 is 5.97 Å². The van der Waals surface area contributed by atoms with Crippen molar-refractivity contribution in [1.29, 1.82) is 0 Å². The number of carbonyl (C=O) groups excluding carboxylic acids is 2. The normalized spacial score (nSPS) is 14.7. The van der Waals surface area contributed by atoms with Gasteiger partial charge in [0.2, 0.25) is 0 Å². The number of nitrogens with one attached hydrogen (secondary N) is 1. The third-order valence-corrected chi connectivity index (χ3v) is 4.73. The summed E-state index contributed by atoms with van der Waals surface area (Å²) in [5.41, 5.74) is 2.50. The number of aromatic nitrogens is 1. The summed E-state index contributed by atoms with van der Waals surface area (Å²) in [6, 6.07) is 8.44. The van der Waals surface area contributed by atoms with E-state index in [9.17, 15) is 9.59 Å². The molecule has 1 aromatic heterocycles. The number of amides is 1. The molecule has 0 bridgehead atoms. The fourth-order valence-corrected chi connectivity index (χ4v) is 3.06. The Bertz CT molecular complexity index is 799. The summed E-state index contributed by atoms with van der Waals surface area (Å²) >= 11 is 0. The van der Waals surface area contributed by atoms with E-state index in [4.69, 9.17) is 0 Å². The zero-order valence-electron chi connectivity index (χ0n) is 15.6. The Labute approximate surface area is 158 Å². The minimum Gasteiger partial charge on any atom is -0.465 e. The van der Waals surface area contributed by atoms with E-state index in [1.165, 1.54) is 7.11 Å². The fraction of sp³-hybridized carbons (Fsp3) is 0.350. The first-order valence-corrected chi connectivity index (χ1v) is 9.02. The van der Waals surface area contributed by atoms with Crippen molar-refractivity contribution in [1.82, 2.24) is 9.88 Å². The number of likely N-dealkylation sites (N-methyl/N-ethyl adjacent to an activating group) is 1. The van der Waals surface area contributed by atoms with Crippen LogP contribution >= 0.6 is 0 Å². The molecule has 7 heteroatoms. The summed E-state index contributed by atoms with van der Waals surface area (Å²) < 4.78 is 4.67. The van der Waals surface area contributed by atoms with E-state index in [1.54, 1.807) is 36.7 Å². The standard InChI is InChI=1S/C20H24N4O3/c1-3-23-8-10-24(11-9-23)18-12-16(13-21-14-18)19(25)22-17-6-4-15(5-7-17)20(26)27-2/h4-7,12-14H,3,8-11H2,1-2H3,(H,22,25). The lowest BCUT2D eigenvalue weighted by Crippen LogP contribution is -2.46. The van der Waals surface area contributed by atoms with Crippen LogP contribution in [0.4, 0.5) is 11.4 Å². The Morgan fingerprint density at radius 3 is 2.41 bits per heavy atom. The molecule has 1 fully saturated rings. The summed E-state index contributed by atoms with van der Waals surface area (Å²) in [4.78, 5) is 32.9. The van der Waals surface area contributed by atoms with Gasteiger partial charge in [-0.15, -0.1) is 0 Å². The van der Waals surface area contributed by atoms with Crippen molar-refractivity contribution in [3.05, 3.63) is 53.9 Å². The Hall–Kier alpha value is -2.93. The zero-order valence-corrected chi connectivity index (χ0v) is 15.6. The summed E-state index contributed by atoms with van der Waals surface area (Å²) in [5.74, 6) is -0.643. The zero-order chi connectivity index (χ0) is 19.2. The Morgan fingerprint density at radius 2 is 1.78 bits per heavy atom. The van der Waals surface area contributed by atoms with Crippen LogP contribution in [0.3, 0.4) is 0 Å². The molecule has 7 nitrogen and oxygen atoms in total. The van der Waals surface area contributed by atoms with Gasteiger partial charge in [0.25, 0.3) is 5.91 Å². The van der Waals surface area contributed by atoms with Crippen LogP contribution in [0, 0.1) is 0 Å². The average molecular weight is 368 g/mol. The van der Waals surface area contributed by atoms with Crippen LogP contribution in [0.25, 0.3) is 0 Å². The molecule has 1 aromatic carbocycles. The smallest absolute Gasteiger partial charge is 0.337 e. The molecule has 0 atom stereocenters. The van der Waals surface area contributed by atoms with E-state index in [0.717, 1.165) is 38.4 Å². The van der Waals surface area contributed by atoms with Crippen molar-refractivity contribution in [2.24, 2.45) is 0 Å². The third kappa shape index (κ3) is 4.62. The molecule has 1 N–H and O–H groups in total. The van der Waals surface area contributed by atoms with Crippen LogP contribution in [0.2, 0.25) is 0 Å². The largest absolute Gasteiger partial charge is 0.465 e. The lowest BCUT2D eigenvalue weighted by Gasteiger charge is -2.35. The van der Waals surface area contributed by atoms with E-state index >= 15 is 0 Å². The molecular weight excluding hydrogens is 344 g/mol. The van der Waals surface area contributed by atoms with Crippen molar-refractivity contribution in [3.8, 4) is 0 Å². The first kappa shape index (κ1) is 18.8. The molecule has 2 aromatic rings. The average Bonchev–Trinajstić information content (AvgIpc) is 2.74. The summed E-state index contributed by atoms with van der Waals surface area (Å²) in [5, 5.41) is 2.83. The molecule has 27 heavy (non-hydrogen) atoms. The topological polar surface area (TPSA) is 74.8 Å². The number of esters is 1. The van der Waals surface area contributed by atoms with E-state index in [0.29, 0.717) is 16.8 Å². The highest BCUT2D eigenvalue weighted by Gasteiger charge is 2.17. The van der Waals surface area contributed by atoms with Gasteiger partial charge in [-0.2, -0.15) is 0 Å². The Kier molecular flexibility index (Phi) is 6.03. The number of hydrogen-bond acceptors (Lipinski definition) is 6. The summed E-state index contributed by atoms with van der Waals surface area (Å²) in [6.07, 6.45) is 3.35. The van der Waals surface area contributed by atoms with Crippen LogP contribution in [-0.4, -0.2) is 61.6 Å². The molecule has 0 radical (unpaired) electrons. The number of pyridine rings is 1. The number of carbonyl (C=O) groups is 2. The molecule has 0 saturated carbocycles. The molecule has 0 aliphatic carbocycles. The van der Waals surface area contributed by atoms with Gasteiger partial charge in [-0.25, -0.2) is 4.79 Å². The molecule has 2 heterocycles. The van der Waals surface area contributed by atoms with Crippen molar-refractivity contribution in [2.45, 2.75) is 6.92 Å². The maximum atomic E-state index is 12.6. The van der Waals surface area contributed by atoms with Gasteiger partial charge in [-0.3, -0.25) is 9.78 Å². The second-order valence-corrected chi connectivity index (χ2v) is 6.38. The highest BCUT2D eigenvalue weighted by Crippen LogP contribution is 2.18. The molecule has 1 saturated heterocycles. The fourth-order valence-electron chi connectivity index (χ4n) is 3.06. The van der Waals surface area contributed by atoms with E-state index in [1.807, 2.05) is 6.07 Å². The minimum absolute atomic E-state index is 0.234. The van der Waals surface area contributed by atoms with Crippen molar-refractivity contribution >= 4 is 23.3 Å². The van der Waals surface area contributed by atoms with Crippen LogP contribution in [0.1, 0.15) is 27.6 Å². The molecule has 1 amide bonds. The van der Waals surface area contributed by atoms with E-state index in [-0.39, 0.29) is 5.91 Å². The lowest BCUT2D eigenvalue weighted by atomic mass is 10.2. The SMILES string of the molecule is CCN1CCN(c2cncc(C(=O)Nc3ccc(C(=O)OC)cc3)c2)CC1.